The zero-order valence-electron chi connectivity index (χ0n) is 11.4. The molecule has 19 heavy (non-hydrogen) atoms. The second-order valence-corrected chi connectivity index (χ2v) is 5.69. The second-order valence-electron chi connectivity index (χ2n) is 5.69. The van der Waals surface area contributed by atoms with Crippen LogP contribution in [0.2, 0.25) is 0 Å². The summed E-state index contributed by atoms with van der Waals surface area (Å²) < 4.78 is 5.40. The van der Waals surface area contributed by atoms with Gasteiger partial charge in [-0.2, -0.15) is 0 Å². The van der Waals surface area contributed by atoms with E-state index in [9.17, 15) is 14.7 Å². The summed E-state index contributed by atoms with van der Waals surface area (Å²) in [6.07, 6.45) is 4.05. The number of piperidine rings is 1. The molecule has 0 spiro atoms. The zero-order chi connectivity index (χ0) is 13.9. The third kappa shape index (κ3) is 3.37. The van der Waals surface area contributed by atoms with E-state index < -0.39 is 12.0 Å². The van der Waals surface area contributed by atoms with Gasteiger partial charge in [-0.15, -0.1) is 0 Å². The molecule has 0 aliphatic carbocycles. The fraction of sp³-hybridized carbons (Fsp3) is 0.846. The van der Waals surface area contributed by atoms with Crippen molar-refractivity contribution in [1.82, 2.24) is 10.2 Å². The molecule has 0 bridgehead atoms. The van der Waals surface area contributed by atoms with E-state index in [0.717, 1.165) is 32.3 Å². The fourth-order valence-electron chi connectivity index (χ4n) is 2.79. The van der Waals surface area contributed by atoms with E-state index in [0.29, 0.717) is 19.6 Å². The van der Waals surface area contributed by atoms with E-state index in [1.165, 1.54) is 4.90 Å². The standard InChI is InChI=1S/C13H22N2O4/c1-13(6-4-8-19-9-13)14-12(18)15-7-3-2-5-10(15)11(16)17/h10H,2-9H2,1H3,(H,14,18)(H,16,17). The Hall–Kier alpha value is -1.30. The van der Waals surface area contributed by atoms with Crippen LogP contribution in [0.3, 0.4) is 0 Å². The van der Waals surface area contributed by atoms with Crippen LogP contribution in [0.5, 0.6) is 0 Å². The highest BCUT2D eigenvalue weighted by Crippen LogP contribution is 2.21. The van der Waals surface area contributed by atoms with Crippen LogP contribution in [-0.2, 0) is 9.53 Å². The number of carboxylic acids is 1. The molecule has 2 aliphatic rings. The Kier molecular flexibility index (Phi) is 4.29. The minimum Gasteiger partial charge on any atom is -0.480 e. The van der Waals surface area contributed by atoms with Crippen molar-refractivity contribution in [3.63, 3.8) is 0 Å². The van der Waals surface area contributed by atoms with Crippen LogP contribution in [-0.4, -0.2) is 53.3 Å². The lowest BCUT2D eigenvalue weighted by Gasteiger charge is -2.39. The molecule has 0 aromatic rings. The highest BCUT2D eigenvalue weighted by Gasteiger charge is 2.36. The van der Waals surface area contributed by atoms with Crippen molar-refractivity contribution in [2.75, 3.05) is 19.8 Å². The average molecular weight is 270 g/mol. The summed E-state index contributed by atoms with van der Waals surface area (Å²) in [5.74, 6) is -0.917. The normalized spacial score (nSPS) is 31.8. The molecule has 2 heterocycles. The van der Waals surface area contributed by atoms with Crippen molar-refractivity contribution >= 4 is 12.0 Å². The van der Waals surface area contributed by atoms with E-state index >= 15 is 0 Å². The Balaban J connectivity index is 1.99. The van der Waals surface area contributed by atoms with E-state index in [4.69, 9.17) is 4.74 Å². The monoisotopic (exact) mass is 270 g/mol. The van der Waals surface area contributed by atoms with Gasteiger partial charge in [0.2, 0.25) is 0 Å². The zero-order valence-corrected chi connectivity index (χ0v) is 11.4. The molecule has 2 unspecified atom stereocenters. The first-order chi connectivity index (χ1) is 9.02. The quantitative estimate of drug-likeness (QED) is 0.790. The van der Waals surface area contributed by atoms with Gasteiger partial charge in [0.15, 0.2) is 0 Å². The Bertz CT molecular complexity index is 353. The molecule has 6 heteroatoms. The third-order valence-electron chi connectivity index (χ3n) is 3.90. The van der Waals surface area contributed by atoms with Gasteiger partial charge in [0.1, 0.15) is 6.04 Å². The Morgan fingerprint density at radius 1 is 1.37 bits per heavy atom. The summed E-state index contributed by atoms with van der Waals surface area (Å²) in [5.41, 5.74) is -0.379. The number of rotatable bonds is 2. The maximum atomic E-state index is 12.3. The van der Waals surface area contributed by atoms with Crippen LogP contribution in [0.4, 0.5) is 4.79 Å². The van der Waals surface area contributed by atoms with Crippen LogP contribution in [0, 0.1) is 0 Å². The summed E-state index contributed by atoms with van der Waals surface area (Å²) in [5, 5.41) is 12.1. The number of amides is 2. The molecule has 2 saturated heterocycles. The maximum absolute atomic E-state index is 12.3. The number of urea groups is 1. The molecular weight excluding hydrogens is 248 g/mol. The van der Waals surface area contributed by atoms with Crippen LogP contribution in [0.15, 0.2) is 0 Å². The SMILES string of the molecule is CC1(NC(=O)N2CCCCC2C(=O)O)CCCOC1. The number of carbonyl (C=O) groups excluding carboxylic acids is 1. The van der Waals surface area contributed by atoms with Crippen LogP contribution < -0.4 is 5.32 Å². The first-order valence-electron chi connectivity index (χ1n) is 6.91. The molecular formula is C13H22N2O4. The number of nitrogens with one attached hydrogen (secondary N) is 1. The highest BCUT2D eigenvalue weighted by atomic mass is 16.5. The molecule has 0 aromatic heterocycles. The highest BCUT2D eigenvalue weighted by molar-refractivity contribution is 5.83. The minimum absolute atomic E-state index is 0.278. The lowest BCUT2D eigenvalue weighted by atomic mass is 9.95. The third-order valence-corrected chi connectivity index (χ3v) is 3.90. The molecule has 2 aliphatic heterocycles. The van der Waals surface area contributed by atoms with Gasteiger partial charge in [0.25, 0.3) is 0 Å². The fourth-order valence-corrected chi connectivity index (χ4v) is 2.79. The summed E-state index contributed by atoms with van der Waals surface area (Å²) >= 11 is 0. The van der Waals surface area contributed by atoms with Gasteiger partial charge in [-0.05, 0) is 39.0 Å². The maximum Gasteiger partial charge on any atom is 0.326 e. The van der Waals surface area contributed by atoms with E-state index in [1.54, 1.807) is 0 Å². The number of nitrogens with zero attached hydrogens (tertiary/aromatic N) is 1. The largest absolute Gasteiger partial charge is 0.480 e. The summed E-state index contributed by atoms with van der Waals surface area (Å²) in [6.45, 7) is 3.68. The predicted molar refractivity (Wildman–Crippen MR) is 69.0 cm³/mol. The Labute approximate surface area is 113 Å². The Morgan fingerprint density at radius 3 is 2.79 bits per heavy atom. The van der Waals surface area contributed by atoms with E-state index in [2.05, 4.69) is 5.32 Å². The van der Waals surface area contributed by atoms with Crippen molar-refractivity contribution in [3.05, 3.63) is 0 Å². The van der Waals surface area contributed by atoms with Crippen molar-refractivity contribution in [3.8, 4) is 0 Å². The predicted octanol–water partition coefficient (Wildman–Crippen LogP) is 1.20. The number of hydrogen-bond acceptors (Lipinski definition) is 3. The summed E-state index contributed by atoms with van der Waals surface area (Å²) in [6, 6.07) is -0.970. The molecule has 2 N–H and O–H groups in total. The molecule has 2 atom stereocenters. The number of carboxylic acid groups (broad SMARTS) is 1. The molecule has 2 amide bonds. The summed E-state index contributed by atoms with van der Waals surface area (Å²) in [7, 11) is 0. The summed E-state index contributed by atoms with van der Waals surface area (Å²) in [4.78, 5) is 24.9. The van der Waals surface area contributed by atoms with Crippen molar-refractivity contribution in [1.29, 1.82) is 0 Å². The van der Waals surface area contributed by atoms with Gasteiger partial charge in [-0.3, -0.25) is 0 Å². The molecule has 108 valence electrons. The van der Waals surface area contributed by atoms with Crippen molar-refractivity contribution in [2.45, 2.75) is 50.6 Å². The molecule has 0 radical (unpaired) electrons. The van der Waals surface area contributed by atoms with Gasteiger partial charge in [-0.25, -0.2) is 9.59 Å². The topological polar surface area (TPSA) is 78.9 Å². The lowest BCUT2D eigenvalue weighted by Crippen LogP contribution is -2.59. The smallest absolute Gasteiger partial charge is 0.326 e. The first kappa shape index (κ1) is 14.1. The lowest BCUT2D eigenvalue weighted by molar-refractivity contribution is -0.143. The minimum atomic E-state index is -0.917. The molecule has 0 aromatic carbocycles. The number of aliphatic carboxylic acids is 1. The number of ether oxygens (including phenoxy) is 1. The number of carbonyl (C=O) groups is 2. The van der Waals surface area contributed by atoms with Crippen LogP contribution in [0.1, 0.15) is 39.0 Å². The second kappa shape index (κ2) is 5.77. The van der Waals surface area contributed by atoms with E-state index in [-0.39, 0.29) is 11.6 Å². The molecule has 6 nitrogen and oxygen atoms in total. The van der Waals surface area contributed by atoms with Gasteiger partial charge in [-0.1, -0.05) is 0 Å². The van der Waals surface area contributed by atoms with Crippen LogP contribution >= 0.6 is 0 Å². The molecule has 0 saturated carbocycles. The van der Waals surface area contributed by atoms with Crippen molar-refractivity contribution in [2.24, 2.45) is 0 Å². The molecule has 2 rings (SSSR count). The van der Waals surface area contributed by atoms with Gasteiger partial charge in [0, 0.05) is 13.2 Å². The average Bonchev–Trinajstić information content (AvgIpc) is 2.39. The number of likely N-dealkylation sites (tertiary alicyclic amines) is 1. The first-order valence-corrected chi connectivity index (χ1v) is 6.91. The van der Waals surface area contributed by atoms with Gasteiger partial charge in [0.05, 0.1) is 12.1 Å². The van der Waals surface area contributed by atoms with Crippen LogP contribution in [0.25, 0.3) is 0 Å². The number of hydrogen-bond donors (Lipinski definition) is 2. The van der Waals surface area contributed by atoms with E-state index in [1.807, 2.05) is 6.92 Å². The van der Waals surface area contributed by atoms with Gasteiger partial charge < -0.3 is 20.1 Å². The van der Waals surface area contributed by atoms with Gasteiger partial charge >= 0.3 is 12.0 Å². The Morgan fingerprint density at radius 2 is 2.16 bits per heavy atom. The molecule has 2 fully saturated rings. The van der Waals surface area contributed by atoms with Crippen molar-refractivity contribution < 1.29 is 19.4 Å².